The number of carbonyl (C=O) groups is 1. The number of amides is 2. The molecule has 128 valence electrons. The Hall–Kier alpha value is -2.22. The van der Waals surface area contributed by atoms with Crippen molar-refractivity contribution in [3.8, 4) is 0 Å². The molecule has 24 heavy (non-hydrogen) atoms. The van der Waals surface area contributed by atoms with Gasteiger partial charge in [0.2, 0.25) is 5.13 Å². The first kappa shape index (κ1) is 16.6. The van der Waals surface area contributed by atoms with Crippen LogP contribution in [0.25, 0.3) is 0 Å². The molecule has 0 bridgehead atoms. The minimum absolute atomic E-state index is 0.289. The Morgan fingerprint density at radius 3 is 2.62 bits per heavy atom. The van der Waals surface area contributed by atoms with E-state index in [1.165, 1.54) is 37.0 Å². The minimum atomic E-state index is -0.289. The molecule has 0 spiro atoms. The van der Waals surface area contributed by atoms with Crippen molar-refractivity contribution in [3.63, 3.8) is 0 Å². The highest BCUT2D eigenvalue weighted by Crippen LogP contribution is 2.17. The van der Waals surface area contributed by atoms with Gasteiger partial charge in [-0.05, 0) is 31.4 Å². The van der Waals surface area contributed by atoms with Crippen LogP contribution < -0.4 is 15.5 Å². The number of aromatic nitrogens is 3. The van der Waals surface area contributed by atoms with Gasteiger partial charge < -0.3 is 10.2 Å². The Balaban J connectivity index is 1.49. The fraction of sp³-hybridized carbons (Fsp3) is 0.500. The molecule has 2 aromatic heterocycles. The summed E-state index contributed by atoms with van der Waals surface area (Å²) in [6.07, 6.45) is 6.91. The summed E-state index contributed by atoms with van der Waals surface area (Å²) in [6.45, 7) is 4.43. The van der Waals surface area contributed by atoms with Crippen LogP contribution in [-0.2, 0) is 6.54 Å². The first-order valence-corrected chi connectivity index (χ1v) is 9.07. The Morgan fingerprint density at radius 1 is 1.21 bits per heavy atom. The number of rotatable bonds is 4. The van der Waals surface area contributed by atoms with Crippen LogP contribution in [0.5, 0.6) is 0 Å². The second-order valence-corrected chi connectivity index (χ2v) is 7.04. The largest absolute Gasteiger partial charge is 0.357 e. The molecule has 1 aliphatic heterocycles. The molecular weight excluding hydrogens is 324 g/mol. The summed E-state index contributed by atoms with van der Waals surface area (Å²) < 4.78 is 0. The number of aryl methyl sites for hydroxylation is 1. The first-order chi connectivity index (χ1) is 11.7. The van der Waals surface area contributed by atoms with Gasteiger partial charge in [0.15, 0.2) is 0 Å². The molecule has 8 heteroatoms. The van der Waals surface area contributed by atoms with Crippen molar-refractivity contribution in [3.05, 3.63) is 28.9 Å². The average molecular weight is 346 g/mol. The van der Waals surface area contributed by atoms with Gasteiger partial charge in [0.25, 0.3) is 0 Å². The summed E-state index contributed by atoms with van der Waals surface area (Å²) in [7, 11) is 0. The first-order valence-electron chi connectivity index (χ1n) is 8.25. The lowest BCUT2D eigenvalue weighted by Gasteiger charge is -2.21. The lowest BCUT2D eigenvalue weighted by Crippen LogP contribution is -2.28. The number of pyridine rings is 1. The molecule has 0 aromatic carbocycles. The van der Waals surface area contributed by atoms with Gasteiger partial charge in [-0.15, -0.1) is 10.2 Å². The fourth-order valence-electron chi connectivity index (χ4n) is 2.68. The standard InChI is InChI=1S/C16H22N6OS/c1-12-20-21-16(24-12)19-15(23)18-11-13-6-7-14(17-10-13)22-8-4-2-3-5-9-22/h6-7,10H,2-5,8-9,11H2,1H3,(H2,18,19,21,23). The zero-order valence-corrected chi connectivity index (χ0v) is 14.6. The molecule has 0 atom stereocenters. The predicted molar refractivity (Wildman–Crippen MR) is 95.4 cm³/mol. The van der Waals surface area contributed by atoms with Gasteiger partial charge in [0, 0.05) is 25.8 Å². The Kier molecular flexibility index (Phi) is 5.58. The van der Waals surface area contributed by atoms with E-state index in [0.717, 1.165) is 29.5 Å². The topological polar surface area (TPSA) is 83.0 Å². The van der Waals surface area contributed by atoms with Crippen molar-refractivity contribution >= 4 is 28.3 Å². The molecule has 3 rings (SSSR count). The number of carbonyl (C=O) groups excluding carboxylic acids is 1. The quantitative estimate of drug-likeness (QED) is 0.889. The Morgan fingerprint density at radius 2 is 2.00 bits per heavy atom. The van der Waals surface area contributed by atoms with Crippen LogP contribution >= 0.6 is 11.3 Å². The van der Waals surface area contributed by atoms with E-state index in [1.54, 1.807) is 0 Å². The second-order valence-electron chi connectivity index (χ2n) is 5.86. The van der Waals surface area contributed by atoms with E-state index in [1.807, 2.05) is 25.3 Å². The molecule has 2 aromatic rings. The molecule has 0 radical (unpaired) electrons. The number of anilines is 2. The van der Waals surface area contributed by atoms with Crippen molar-refractivity contribution in [2.75, 3.05) is 23.3 Å². The number of nitrogens with one attached hydrogen (secondary N) is 2. The molecule has 0 aliphatic carbocycles. The normalized spacial score (nSPS) is 15.0. The third-order valence-corrected chi connectivity index (χ3v) is 4.69. The molecule has 0 unspecified atom stereocenters. The molecule has 3 heterocycles. The van der Waals surface area contributed by atoms with E-state index in [-0.39, 0.29) is 6.03 Å². The fourth-order valence-corrected chi connectivity index (χ4v) is 3.27. The van der Waals surface area contributed by atoms with Crippen LogP contribution in [0.3, 0.4) is 0 Å². The maximum atomic E-state index is 11.8. The van der Waals surface area contributed by atoms with Crippen molar-refractivity contribution in [1.29, 1.82) is 0 Å². The highest BCUT2D eigenvalue weighted by atomic mass is 32.1. The molecule has 1 fully saturated rings. The second kappa shape index (κ2) is 8.05. The summed E-state index contributed by atoms with van der Waals surface area (Å²) in [5.74, 6) is 1.02. The van der Waals surface area contributed by atoms with Gasteiger partial charge in [0.05, 0.1) is 0 Å². The third kappa shape index (κ3) is 4.64. The van der Waals surface area contributed by atoms with Crippen molar-refractivity contribution < 1.29 is 4.79 Å². The molecule has 1 saturated heterocycles. The highest BCUT2D eigenvalue weighted by Gasteiger charge is 2.11. The number of hydrogen-bond donors (Lipinski definition) is 2. The molecule has 1 aliphatic rings. The van der Waals surface area contributed by atoms with Crippen LogP contribution in [0, 0.1) is 6.92 Å². The van der Waals surface area contributed by atoms with Crippen LogP contribution in [-0.4, -0.2) is 34.3 Å². The van der Waals surface area contributed by atoms with Gasteiger partial charge in [-0.3, -0.25) is 5.32 Å². The zero-order chi connectivity index (χ0) is 16.8. The maximum absolute atomic E-state index is 11.8. The van der Waals surface area contributed by atoms with E-state index in [4.69, 9.17) is 0 Å². The summed E-state index contributed by atoms with van der Waals surface area (Å²) >= 11 is 1.35. The van der Waals surface area contributed by atoms with Crippen LogP contribution in [0.2, 0.25) is 0 Å². The van der Waals surface area contributed by atoms with Crippen molar-refractivity contribution in [1.82, 2.24) is 20.5 Å². The van der Waals surface area contributed by atoms with Crippen LogP contribution in [0.4, 0.5) is 15.7 Å². The monoisotopic (exact) mass is 346 g/mol. The Labute approximate surface area is 145 Å². The number of hydrogen-bond acceptors (Lipinski definition) is 6. The molecule has 7 nitrogen and oxygen atoms in total. The molecule has 2 N–H and O–H groups in total. The molecule has 2 amide bonds. The van der Waals surface area contributed by atoms with Gasteiger partial charge in [-0.1, -0.05) is 30.2 Å². The van der Waals surface area contributed by atoms with Gasteiger partial charge in [-0.25, -0.2) is 9.78 Å². The van der Waals surface area contributed by atoms with E-state index >= 15 is 0 Å². The lowest BCUT2D eigenvalue weighted by atomic mass is 10.2. The van der Waals surface area contributed by atoms with Crippen molar-refractivity contribution in [2.45, 2.75) is 39.2 Å². The average Bonchev–Trinajstić information content (AvgIpc) is 2.84. The lowest BCUT2D eigenvalue weighted by molar-refractivity contribution is 0.251. The van der Waals surface area contributed by atoms with Gasteiger partial charge in [-0.2, -0.15) is 0 Å². The van der Waals surface area contributed by atoms with E-state index < -0.39 is 0 Å². The van der Waals surface area contributed by atoms with Gasteiger partial charge in [0.1, 0.15) is 10.8 Å². The van der Waals surface area contributed by atoms with E-state index in [0.29, 0.717) is 11.7 Å². The number of nitrogens with zero attached hydrogens (tertiary/aromatic N) is 4. The summed E-state index contributed by atoms with van der Waals surface area (Å²) in [4.78, 5) is 18.7. The highest BCUT2D eigenvalue weighted by molar-refractivity contribution is 7.15. The van der Waals surface area contributed by atoms with E-state index in [9.17, 15) is 4.79 Å². The summed E-state index contributed by atoms with van der Waals surface area (Å²) in [6, 6.07) is 3.76. The summed E-state index contributed by atoms with van der Waals surface area (Å²) in [5.41, 5.74) is 0.970. The molecular formula is C16H22N6OS. The predicted octanol–water partition coefficient (Wildman–Crippen LogP) is 2.94. The number of urea groups is 1. The van der Waals surface area contributed by atoms with Crippen LogP contribution in [0.1, 0.15) is 36.3 Å². The molecule has 0 saturated carbocycles. The smallest absolute Gasteiger partial charge is 0.321 e. The van der Waals surface area contributed by atoms with Crippen LogP contribution in [0.15, 0.2) is 18.3 Å². The SMILES string of the molecule is Cc1nnc(NC(=O)NCc2ccc(N3CCCCCC3)nc2)s1. The van der Waals surface area contributed by atoms with E-state index in [2.05, 4.69) is 30.7 Å². The maximum Gasteiger partial charge on any atom is 0.321 e. The minimum Gasteiger partial charge on any atom is -0.357 e. The summed E-state index contributed by atoms with van der Waals surface area (Å²) in [5, 5.41) is 14.5. The third-order valence-electron chi connectivity index (χ3n) is 3.94. The van der Waals surface area contributed by atoms with Gasteiger partial charge >= 0.3 is 6.03 Å². The zero-order valence-electron chi connectivity index (χ0n) is 13.8. The van der Waals surface area contributed by atoms with Crippen molar-refractivity contribution in [2.24, 2.45) is 0 Å². The Bertz CT molecular complexity index is 663.